The average molecular weight is 358 g/mol. The van der Waals surface area contributed by atoms with E-state index in [0.29, 0.717) is 32.7 Å². The SMILES string of the molecule is CC[C@H]1CN(C(=O)C2(COC)CCC2)CCC(=O)N1Cc1ccccc1. The Morgan fingerprint density at radius 1 is 1.27 bits per heavy atom. The molecule has 1 saturated carbocycles. The minimum atomic E-state index is -0.356. The van der Waals surface area contributed by atoms with Crippen molar-refractivity contribution in [2.24, 2.45) is 5.41 Å². The summed E-state index contributed by atoms with van der Waals surface area (Å²) in [4.78, 5) is 29.9. The largest absolute Gasteiger partial charge is 0.384 e. The minimum absolute atomic E-state index is 0.0637. The molecule has 1 atom stereocenters. The highest BCUT2D eigenvalue weighted by Crippen LogP contribution is 2.43. The van der Waals surface area contributed by atoms with Crippen LogP contribution in [0.1, 0.15) is 44.6 Å². The molecule has 2 fully saturated rings. The van der Waals surface area contributed by atoms with E-state index in [1.807, 2.05) is 28.0 Å². The Bertz CT molecular complexity index is 627. The molecule has 142 valence electrons. The summed E-state index contributed by atoms with van der Waals surface area (Å²) >= 11 is 0. The van der Waals surface area contributed by atoms with E-state index in [2.05, 4.69) is 19.1 Å². The van der Waals surface area contributed by atoms with E-state index >= 15 is 0 Å². The third kappa shape index (κ3) is 3.78. The highest BCUT2D eigenvalue weighted by molar-refractivity contribution is 5.85. The molecule has 1 heterocycles. The molecule has 1 aliphatic heterocycles. The van der Waals surface area contributed by atoms with Gasteiger partial charge in [0.05, 0.1) is 12.0 Å². The van der Waals surface area contributed by atoms with Gasteiger partial charge in [-0.2, -0.15) is 0 Å². The summed E-state index contributed by atoms with van der Waals surface area (Å²) in [5.41, 5.74) is 0.777. The fraction of sp³-hybridized carbons (Fsp3) is 0.619. The van der Waals surface area contributed by atoms with Gasteiger partial charge in [0.1, 0.15) is 0 Å². The lowest BCUT2D eigenvalue weighted by Crippen LogP contribution is -2.52. The van der Waals surface area contributed by atoms with E-state index < -0.39 is 0 Å². The molecule has 0 radical (unpaired) electrons. The Balaban J connectivity index is 1.75. The predicted molar refractivity (Wildman–Crippen MR) is 100 cm³/mol. The van der Waals surface area contributed by atoms with Gasteiger partial charge < -0.3 is 14.5 Å². The smallest absolute Gasteiger partial charge is 0.231 e. The molecule has 3 rings (SSSR count). The van der Waals surface area contributed by atoms with Crippen LogP contribution < -0.4 is 0 Å². The van der Waals surface area contributed by atoms with E-state index in [0.717, 1.165) is 31.2 Å². The van der Waals surface area contributed by atoms with Crippen molar-refractivity contribution in [3.8, 4) is 0 Å². The number of hydrogen-bond donors (Lipinski definition) is 0. The fourth-order valence-electron chi connectivity index (χ4n) is 4.19. The first-order valence-corrected chi connectivity index (χ1v) is 9.71. The zero-order valence-electron chi connectivity index (χ0n) is 15.9. The van der Waals surface area contributed by atoms with Crippen LogP contribution in [0, 0.1) is 5.41 Å². The molecule has 0 bridgehead atoms. The molecule has 0 spiro atoms. The number of hydrogen-bond acceptors (Lipinski definition) is 3. The van der Waals surface area contributed by atoms with Gasteiger partial charge in [0.2, 0.25) is 11.8 Å². The topological polar surface area (TPSA) is 49.9 Å². The number of amides is 2. The van der Waals surface area contributed by atoms with E-state index in [1.165, 1.54) is 0 Å². The average Bonchev–Trinajstić information content (AvgIpc) is 2.78. The fourth-order valence-corrected chi connectivity index (χ4v) is 4.19. The van der Waals surface area contributed by atoms with Gasteiger partial charge >= 0.3 is 0 Å². The quantitative estimate of drug-likeness (QED) is 0.786. The normalized spacial score (nSPS) is 22.7. The summed E-state index contributed by atoms with van der Waals surface area (Å²) in [6, 6.07) is 10.2. The molecule has 1 saturated heterocycles. The lowest BCUT2D eigenvalue weighted by Gasteiger charge is -2.43. The number of methoxy groups -OCH3 is 1. The van der Waals surface area contributed by atoms with Crippen LogP contribution in [-0.4, -0.2) is 54.5 Å². The van der Waals surface area contributed by atoms with Crippen LogP contribution in [0.4, 0.5) is 0 Å². The molecule has 0 unspecified atom stereocenters. The Kier molecular flexibility index (Phi) is 5.97. The number of benzene rings is 1. The van der Waals surface area contributed by atoms with E-state index in [4.69, 9.17) is 4.74 Å². The summed E-state index contributed by atoms with van der Waals surface area (Å²) in [5.74, 6) is 0.323. The lowest BCUT2D eigenvalue weighted by molar-refractivity contribution is -0.152. The molecule has 0 N–H and O–H groups in total. The van der Waals surface area contributed by atoms with Crippen molar-refractivity contribution in [1.29, 1.82) is 0 Å². The van der Waals surface area contributed by atoms with Crippen LogP contribution in [-0.2, 0) is 20.9 Å². The van der Waals surface area contributed by atoms with Crippen molar-refractivity contribution in [3.63, 3.8) is 0 Å². The van der Waals surface area contributed by atoms with Crippen molar-refractivity contribution < 1.29 is 14.3 Å². The summed E-state index contributed by atoms with van der Waals surface area (Å²) in [6.07, 6.45) is 4.13. The van der Waals surface area contributed by atoms with Crippen molar-refractivity contribution in [2.75, 3.05) is 26.8 Å². The van der Waals surface area contributed by atoms with Gasteiger partial charge in [0, 0.05) is 39.2 Å². The maximum Gasteiger partial charge on any atom is 0.231 e. The van der Waals surface area contributed by atoms with E-state index in [-0.39, 0.29) is 23.3 Å². The van der Waals surface area contributed by atoms with Gasteiger partial charge in [-0.05, 0) is 24.8 Å². The maximum atomic E-state index is 13.2. The second-order valence-corrected chi connectivity index (χ2v) is 7.64. The molecule has 0 aromatic heterocycles. The van der Waals surface area contributed by atoms with Gasteiger partial charge in [-0.1, -0.05) is 43.7 Å². The number of carbonyl (C=O) groups is 2. The van der Waals surface area contributed by atoms with Crippen LogP contribution >= 0.6 is 0 Å². The van der Waals surface area contributed by atoms with Gasteiger partial charge in [-0.25, -0.2) is 0 Å². The highest BCUT2D eigenvalue weighted by Gasteiger charge is 2.47. The Morgan fingerprint density at radius 3 is 2.58 bits per heavy atom. The second kappa shape index (κ2) is 8.21. The van der Waals surface area contributed by atoms with Gasteiger partial charge in [-0.3, -0.25) is 9.59 Å². The monoisotopic (exact) mass is 358 g/mol. The molecule has 2 amide bonds. The third-order valence-electron chi connectivity index (χ3n) is 5.93. The zero-order valence-corrected chi connectivity index (χ0v) is 15.9. The van der Waals surface area contributed by atoms with Crippen LogP contribution in [0.15, 0.2) is 30.3 Å². The summed E-state index contributed by atoms with van der Waals surface area (Å²) in [6.45, 7) is 4.34. The minimum Gasteiger partial charge on any atom is -0.384 e. The molecule has 5 heteroatoms. The number of carbonyl (C=O) groups excluding carboxylic acids is 2. The summed E-state index contributed by atoms with van der Waals surface area (Å²) in [7, 11) is 1.66. The number of nitrogens with zero attached hydrogens (tertiary/aromatic N) is 2. The van der Waals surface area contributed by atoms with Crippen molar-refractivity contribution in [1.82, 2.24) is 9.80 Å². The molecule has 1 aromatic carbocycles. The maximum absolute atomic E-state index is 13.2. The van der Waals surface area contributed by atoms with Gasteiger partial charge in [0.15, 0.2) is 0 Å². The molecule has 1 aromatic rings. The van der Waals surface area contributed by atoms with Gasteiger partial charge in [0.25, 0.3) is 0 Å². The molecular weight excluding hydrogens is 328 g/mol. The van der Waals surface area contributed by atoms with Crippen LogP contribution in [0.5, 0.6) is 0 Å². The lowest BCUT2D eigenvalue weighted by atomic mass is 9.68. The van der Waals surface area contributed by atoms with Crippen LogP contribution in [0.2, 0.25) is 0 Å². The van der Waals surface area contributed by atoms with E-state index in [1.54, 1.807) is 7.11 Å². The van der Waals surface area contributed by atoms with Gasteiger partial charge in [-0.15, -0.1) is 0 Å². The van der Waals surface area contributed by atoms with E-state index in [9.17, 15) is 9.59 Å². The number of rotatable bonds is 6. The molecule has 26 heavy (non-hydrogen) atoms. The highest BCUT2D eigenvalue weighted by atomic mass is 16.5. The van der Waals surface area contributed by atoms with Crippen molar-refractivity contribution in [3.05, 3.63) is 35.9 Å². The molecule has 1 aliphatic carbocycles. The van der Waals surface area contributed by atoms with Crippen LogP contribution in [0.3, 0.4) is 0 Å². The van der Waals surface area contributed by atoms with Crippen molar-refractivity contribution in [2.45, 2.75) is 51.6 Å². The molecule has 5 nitrogen and oxygen atoms in total. The molecule has 2 aliphatic rings. The third-order valence-corrected chi connectivity index (χ3v) is 5.93. The Labute approximate surface area is 156 Å². The Hall–Kier alpha value is -1.88. The second-order valence-electron chi connectivity index (χ2n) is 7.64. The first kappa shape index (κ1) is 18.9. The van der Waals surface area contributed by atoms with Crippen LogP contribution in [0.25, 0.3) is 0 Å². The number of ether oxygens (including phenoxy) is 1. The first-order chi connectivity index (χ1) is 12.6. The van der Waals surface area contributed by atoms with Crippen molar-refractivity contribution >= 4 is 11.8 Å². The standard InChI is InChI=1S/C21H30N2O3/c1-3-18-15-22(20(25)21(16-26-2)11-7-12-21)13-10-19(24)23(18)14-17-8-5-4-6-9-17/h4-6,8-9,18H,3,7,10-16H2,1-2H3/t18-/m0/s1. The predicted octanol–water partition coefficient (Wildman–Crippen LogP) is 2.84. The Morgan fingerprint density at radius 2 is 2.00 bits per heavy atom. The summed E-state index contributed by atoms with van der Waals surface area (Å²) in [5, 5.41) is 0. The summed E-state index contributed by atoms with van der Waals surface area (Å²) < 4.78 is 5.34. The zero-order chi connectivity index (χ0) is 18.6. The first-order valence-electron chi connectivity index (χ1n) is 9.71. The molecular formula is C21H30N2O3.